The minimum atomic E-state index is -0.504. The number of likely N-dealkylation sites (N-methyl/N-ethyl adjacent to an activating group) is 1. The first-order chi connectivity index (χ1) is 10.4. The highest BCUT2D eigenvalue weighted by Gasteiger charge is 2.32. The zero-order valence-electron chi connectivity index (χ0n) is 12.2. The van der Waals surface area contributed by atoms with Crippen molar-refractivity contribution in [3.05, 3.63) is 38.9 Å². The standard InChI is InChI=1S/C14H18ClN3O4/c1-17(14(19)13-5-3-11(7-16)22-13)8-9-6-10(18(20)21)2-4-12(9)15/h2,4,6,11,13H,3,5,7-8,16H2,1H3/t11-,13+/m1/s1. The molecule has 2 rings (SSSR count). The van der Waals surface area contributed by atoms with E-state index in [0.717, 1.165) is 6.42 Å². The van der Waals surface area contributed by atoms with E-state index in [1.165, 1.54) is 23.1 Å². The topological polar surface area (TPSA) is 98.7 Å². The van der Waals surface area contributed by atoms with Gasteiger partial charge < -0.3 is 15.4 Å². The number of hydrogen-bond donors (Lipinski definition) is 1. The van der Waals surface area contributed by atoms with Gasteiger partial charge in [0.05, 0.1) is 11.0 Å². The molecule has 1 saturated heterocycles. The number of nitrogens with zero attached hydrogens (tertiary/aromatic N) is 2. The highest BCUT2D eigenvalue weighted by atomic mass is 35.5. The average molecular weight is 328 g/mol. The number of hydrogen-bond acceptors (Lipinski definition) is 5. The molecule has 0 spiro atoms. The molecule has 2 atom stereocenters. The molecular weight excluding hydrogens is 310 g/mol. The molecule has 0 saturated carbocycles. The van der Waals surface area contributed by atoms with Gasteiger partial charge in [-0.15, -0.1) is 0 Å². The van der Waals surface area contributed by atoms with Gasteiger partial charge in [0.25, 0.3) is 11.6 Å². The van der Waals surface area contributed by atoms with Crippen LogP contribution in [0, 0.1) is 10.1 Å². The van der Waals surface area contributed by atoms with Gasteiger partial charge in [-0.05, 0) is 24.5 Å². The lowest BCUT2D eigenvalue weighted by Crippen LogP contribution is -2.36. The largest absolute Gasteiger partial charge is 0.364 e. The van der Waals surface area contributed by atoms with Gasteiger partial charge in [0.15, 0.2) is 0 Å². The smallest absolute Gasteiger partial charge is 0.269 e. The van der Waals surface area contributed by atoms with E-state index >= 15 is 0 Å². The second kappa shape index (κ2) is 7.04. The van der Waals surface area contributed by atoms with Crippen molar-refractivity contribution < 1.29 is 14.5 Å². The van der Waals surface area contributed by atoms with Crippen molar-refractivity contribution in [1.82, 2.24) is 4.90 Å². The maximum absolute atomic E-state index is 12.3. The van der Waals surface area contributed by atoms with Gasteiger partial charge in [0, 0.05) is 37.3 Å². The fourth-order valence-corrected chi connectivity index (χ4v) is 2.61. The molecule has 2 N–H and O–H groups in total. The van der Waals surface area contributed by atoms with Crippen LogP contribution in [0.1, 0.15) is 18.4 Å². The molecule has 1 aromatic carbocycles. The van der Waals surface area contributed by atoms with Gasteiger partial charge in [0.1, 0.15) is 6.10 Å². The molecule has 1 heterocycles. The van der Waals surface area contributed by atoms with Gasteiger partial charge in [-0.3, -0.25) is 14.9 Å². The average Bonchev–Trinajstić information content (AvgIpc) is 2.97. The maximum atomic E-state index is 12.3. The van der Waals surface area contributed by atoms with Gasteiger partial charge >= 0.3 is 0 Å². The molecule has 7 nitrogen and oxygen atoms in total. The maximum Gasteiger partial charge on any atom is 0.269 e. The molecule has 1 aliphatic heterocycles. The summed E-state index contributed by atoms with van der Waals surface area (Å²) in [5, 5.41) is 11.2. The van der Waals surface area contributed by atoms with Crippen LogP contribution in [-0.4, -0.2) is 41.5 Å². The van der Waals surface area contributed by atoms with Gasteiger partial charge in [0.2, 0.25) is 0 Å². The summed E-state index contributed by atoms with van der Waals surface area (Å²) in [5.74, 6) is -0.168. The van der Waals surface area contributed by atoms with Crippen molar-refractivity contribution in [2.45, 2.75) is 31.6 Å². The molecule has 0 aliphatic carbocycles. The SMILES string of the molecule is CN(Cc1cc([N+](=O)[O-])ccc1Cl)C(=O)[C@@H]1CC[C@H](CN)O1. The number of amides is 1. The van der Waals surface area contributed by atoms with Crippen molar-refractivity contribution >= 4 is 23.2 Å². The highest BCUT2D eigenvalue weighted by Crippen LogP contribution is 2.25. The van der Waals surface area contributed by atoms with Crippen molar-refractivity contribution in [2.24, 2.45) is 5.73 Å². The number of rotatable bonds is 5. The van der Waals surface area contributed by atoms with E-state index in [9.17, 15) is 14.9 Å². The minimum Gasteiger partial charge on any atom is -0.364 e. The number of carbonyl (C=O) groups excluding carboxylic acids is 1. The normalized spacial score (nSPS) is 20.9. The molecular formula is C14H18ClN3O4. The summed E-state index contributed by atoms with van der Waals surface area (Å²) in [7, 11) is 1.62. The van der Waals surface area contributed by atoms with E-state index in [-0.39, 0.29) is 24.2 Å². The van der Waals surface area contributed by atoms with Crippen LogP contribution < -0.4 is 5.73 Å². The molecule has 1 amide bonds. The van der Waals surface area contributed by atoms with E-state index < -0.39 is 11.0 Å². The number of ether oxygens (including phenoxy) is 1. The zero-order valence-corrected chi connectivity index (χ0v) is 13.0. The fraction of sp³-hybridized carbons (Fsp3) is 0.500. The Hall–Kier alpha value is -1.70. The monoisotopic (exact) mass is 327 g/mol. The van der Waals surface area contributed by atoms with E-state index in [1.807, 2.05) is 0 Å². The van der Waals surface area contributed by atoms with Crippen molar-refractivity contribution in [3.8, 4) is 0 Å². The van der Waals surface area contributed by atoms with Crippen molar-refractivity contribution in [1.29, 1.82) is 0 Å². The molecule has 0 aromatic heterocycles. The highest BCUT2D eigenvalue weighted by molar-refractivity contribution is 6.31. The first-order valence-electron chi connectivity index (χ1n) is 6.95. The van der Waals surface area contributed by atoms with Crippen LogP contribution in [-0.2, 0) is 16.1 Å². The van der Waals surface area contributed by atoms with E-state index in [2.05, 4.69) is 0 Å². The molecule has 0 bridgehead atoms. The van der Waals surface area contributed by atoms with Crippen LogP contribution >= 0.6 is 11.6 Å². The van der Waals surface area contributed by atoms with Crippen molar-refractivity contribution in [2.75, 3.05) is 13.6 Å². The van der Waals surface area contributed by atoms with Crippen molar-refractivity contribution in [3.63, 3.8) is 0 Å². The summed E-state index contributed by atoms with van der Waals surface area (Å²) < 4.78 is 5.57. The summed E-state index contributed by atoms with van der Waals surface area (Å²) in [6.07, 6.45) is 0.811. The Morgan fingerprint density at radius 3 is 2.86 bits per heavy atom. The van der Waals surface area contributed by atoms with Crippen LogP contribution in [0.2, 0.25) is 5.02 Å². The first kappa shape index (κ1) is 16.7. The summed E-state index contributed by atoms with van der Waals surface area (Å²) in [6.45, 7) is 0.580. The molecule has 1 aliphatic rings. The van der Waals surface area contributed by atoms with Gasteiger partial charge in [-0.1, -0.05) is 11.6 Å². The molecule has 8 heteroatoms. The number of non-ortho nitro benzene ring substituents is 1. The molecule has 1 aromatic rings. The predicted octanol–water partition coefficient (Wildman–Crippen LogP) is 1.71. The fourth-order valence-electron chi connectivity index (χ4n) is 2.44. The van der Waals surface area contributed by atoms with Gasteiger partial charge in [-0.25, -0.2) is 0 Å². The lowest BCUT2D eigenvalue weighted by atomic mass is 10.1. The zero-order chi connectivity index (χ0) is 16.3. The number of nitro groups is 1. The third-order valence-corrected chi connectivity index (χ3v) is 4.04. The van der Waals surface area contributed by atoms with E-state index in [0.29, 0.717) is 23.6 Å². The summed E-state index contributed by atoms with van der Waals surface area (Å²) >= 11 is 6.05. The number of benzene rings is 1. The summed E-state index contributed by atoms with van der Waals surface area (Å²) in [6, 6.07) is 4.17. The van der Waals surface area contributed by atoms with Crippen LogP contribution in [0.25, 0.3) is 0 Å². The number of carbonyl (C=O) groups is 1. The number of nitrogens with two attached hydrogens (primary N) is 1. The number of halogens is 1. The van der Waals surface area contributed by atoms with Crippen LogP contribution in [0.15, 0.2) is 18.2 Å². The lowest BCUT2D eigenvalue weighted by molar-refractivity contribution is -0.384. The quantitative estimate of drug-likeness (QED) is 0.655. The third kappa shape index (κ3) is 3.73. The Labute approximate surface area is 133 Å². The predicted molar refractivity (Wildman–Crippen MR) is 81.5 cm³/mol. The second-order valence-electron chi connectivity index (χ2n) is 5.29. The van der Waals surface area contributed by atoms with Crippen LogP contribution in [0.4, 0.5) is 5.69 Å². The first-order valence-corrected chi connectivity index (χ1v) is 7.33. The number of nitro benzene ring substituents is 1. The molecule has 1 fully saturated rings. The lowest BCUT2D eigenvalue weighted by Gasteiger charge is -2.21. The Bertz CT molecular complexity index is 581. The molecule has 22 heavy (non-hydrogen) atoms. The Kier molecular flexibility index (Phi) is 5.33. The van der Waals surface area contributed by atoms with Crippen LogP contribution in [0.5, 0.6) is 0 Å². The second-order valence-corrected chi connectivity index (χ2v) is 5.69. The Morgan fingerprint density at radius 1 is 1.55 bits per heavy atom. The minimum absolute atomic E-state index is 0.0550. The van der Waals surface area contributed by atoms with E-state index in [4.69, 9.17) is 22.1 Å². The summed E-state index contributed by atoms with van der Waals surface area (Å²) in [5.41, 5.74) is 6.00. The molecule has 120 valence electrons. The Balaban J connectivity index is 2.05. The third-order valence-electron chi connectivity index (χ3n) is 3.67. The molecule has 0 radical (unpaired) electrons. The van der Waals surface area contributed by atoms with Gasteiger partial charge in [-0.2, -0.15) is 0 Å². The molecule has 0 unspecified atom stereocenters. The Morgan fingerprint density at radius 2 is 2.27 bits per heavy atom. The summed E-state index contributed by atoms with van der Waals surface area (Å²) in [4.78, 5) is 24.1. The van der Waals surface area contributed by atoms with Crippen LogP contribution in [0.3, 0.4) is 0 Å². The van der Waals surface area contributed by atoms with E-state index in [1.54, 1.807) is 7.05 Å².